The van der Waals surface area contributed by atoms with Gasteiger partial charge < -0.3 is 4.57 Å². The molecular formula is C10H5F10OP. The van der Waals surface area contributed by atoms with Crippen LogP contribution < -0.4 is 5.30 Å². The molecule has 22 heavy (non-hydrogen) atoms. The van der Waals surface area contributed by atoms with Gasteiger partial charge in [-0.25, -0.2) is 0 Å². The van der Waals surface area contributed by atoms with Crippen LogP contribution in [0.4, 0.5) is 43.9 Å². The van der Waals surface area contributed by atoms with Gasteiger partial charge in [0.15, 0.2) is 0 Å². The summed E-state index contributed by atoms with van der Waals surface area (Å²) in [7, 11) is -7.64. The molecule has 0 aromatic heterocycles. The van der Waals surface area contributed by atoms with Gasteiger partial charge in [-0.05, 0) is 0 Å². The van der Waals surface area contributed by atoms with Crippen molar-refractivity contribution in [2.75, 3.05) is 0 Å². The molecule has 0 N–H and O–H groups in total. The van der Waals surface area contributed by atoms with Crippen molar-refractivity contribution in [2.45, 2.75) is 23.7 Å². The van der Waals surface area contributed by atoms with E-state index in [9.17, 15) is 48.5 Å². The van der Waals surface area contributed by atoms with E-state index in [4.69, 9.17) is 0 Å². The van der Waals surface area contributed by atoms with Crippen molar-refractivity contribution in [1.82, 2.24) is 0 Å². The maximum atomic E-state index is 13.3. The van der Waals surface area contributed by atoms with E-state index < -0.39 is 36.1 Å². The topological polar surface area (TPSA) is 17.1 Å². The number of rotatable bonds is 3. The molecule has 0 bridgehead atoms. The largest absolute Gasteiger partial charge is 0.461 e. The van der Waals surface area contributed by atoms with Crippen molar-refractivity contribution in [1.29, 1.82) is 0 Å². The molecule has 1 nitrogen and oxygen atoms in total. The van der Waals surface area contributed by atoms with Crippen molar-refractivity contribution in [2.24, 2.45) is 0 Å². The Bertz CT molecular complexity index is 544. The molecule has 0 unspecified atom stereocenters. The summed E-state index contributed by atoms with van der Waals surface area (Å²) in [4.78, 5) is 0. The first-order valence-corrected chi connectivity index (χ1v) is 6.86. The van der Waals surface area contributed by atoms with Gasteiger partial charge >= 0.3 is 23.7 Å². The van der Waals surface area contributed by atoms with E-state index in [0.29, 0.717) is 12.1 Å². The van der Waals surface area contributed by atoms with Crippen LogP contribution in [0.2, 0.25) is 0 Å². The fourth-order valence-corrected chi connectivity index (χ4v) is 3.80. The van der Waals surface area contributed by atoms with Crippen LogP contribution in [0.5, 0.6) is 0 Å². The molecule has 1 rings (SSSR count). The second kappa shape index (κ2) is 5.14. The summed E-state index contributed by atoms with van der Waals surface area (Å²) in [6.45, 7) is 0. The Kier molecular flexibility index (Phi) is 4.39. The molecule has 1 aromatic carbocycles. The molecule has 0 amide bonds. The van der Waals surface area contributed by atoms with Gasteiger partial charge in [0.2, 0.25) is 0 Å². The molecule has 0 aliphatic carbocycles. The van der Waals surface area contributed by atoms with Crippen LogP contribution in [0, 0.1) is 0 Å². The lowest BCUT2D eigenvalue weighted by Gasteiger charge is -2.35. The third-order valence-electron chi connectivity index (χ3n) is 2.59. The SMILES string of the molecule is O=P(c1ccccc1)(C(F)(F)C(F)(F)F)C(F)(F)C(F)(F)F. The molecule has 0 spiro atoms. The minimum absolute atomic E-state index is 0.0973. The Labute approximate surface area is 116 Å². The zero-order chi connectivity index (χ0) is 17.6. The molecule has 0 saturated carbocycles. The second-order valence-electron chi connectivity index (χ2n) is 4.02. The molecule has 0 aliphatic rings. The Balaban J connectivity index is 3.81. The third kappa shape index (κ3) is 2.49. The molecule has 0 aliphatic heterocycles. The van der Waals surface area contributed by atoms with Crippen LogP contribution in [-0.4, -0.2) is 23.7 Å². The highest BCUT2D eigenvalue weighted by molar-refractivity contribution is 7.74. The third-order valence-corrected chi connectivity index (χ3v) is 5.71. The van der Waals surface area contributed by atoms with Crippen LogP contribution in [0.25, 0.3) is 0 Å². The van der Waals surface area contributed by atoms with E-state index in [1.807, 2.05) is 0 Å². The summed E-state index contributed by atoms with van der Waals surface area (Å²) >= 11 is 0. The molecule has 0 saturated heterocycles. The van der Waals surface area contributed by atoms with Gasteiger partial charge in [0, 0.05) is 5.30 Å². The van der Waals surface area contributed by atoms with Gasteiger partial charge in [0.05, 0.1) is 0 Å². The summed E-state index contributed by atoms with van der Waals surface area (Å²) in [6, 6.07) is 2.37. The van der Waals surface area contributed by atoms with Gasteiger partial charge in [-0.15, -0.1) is 0 Å². The van der Waals surface area contributed by atoms with Crippen molar-refractivity contribution in [3.8, 4) is 0 Å². The number of benzene rings is 1. The monoisotopic (exact) mass is 362 g/mol. The fourth-order valence-electron chi connectivity index (χ4n) is 1.50. The Morgan fingerprint density at radius 1 is 0.636 bits per heavy atom. The molecule has 0 heterocycles. The highest BCUT2D eigenvalue weighted by Gasteiger charge is 2.83. The summed E-state index contributed by atoms with van der Waals surface area (Å²) in [5.74, 6) is 0. The predicted octanol–water partition coefficient (Wildman–Crippen LogP) is 4.99. The molecule has 0 fully saturated rings. The van der Waals surface area contributed by atoms with Gasteiger partial charge in [-0.1, -0.05) is 30.3 Å². The highest BCUT2D eigenvalue weighted by atomic mass is 31.2. The highest BCUT2D eigenvalue weighted by Crippen LogP contribution is 2.76. The van der Waals surface area contributed by atoms with Crippen LogP contribution in [0.15, 0.2) is 30.3 Å². The number of alkyl halides is 10. The summed E-state index contributed by atoms with van der Waals surface area (Å²) < 4.78 is 139. The van der Waals surface area contributed by atoms with E-state index in [1.165, 1.54) is 0 Å². The lowest BCUT2D eigenvalue weighted by atomic mass is 10.4. The van der Waals surface area contributed by atoms with Crippen LogP contribution in [0.3, 0.4) is 0 Å². The standard InChI is InChI=1S/C10H5F10OP/c11-7(12,13)9(17,18)22(21,6-4-2-1-3-5-6)10(19,20)8(14,15)16/h1-5H. The maximum Gasteiger partial charge on any atom is 0.461 e. The van der Waals surface area contributed by atoms with Gasteiger partial charge in [-0.2, -0.15) is 43.9 Å². The van der Waals surface area contributed by atoms with Gasteiger partial charge in [-0.3, -0.25) is 0 Å². The average molecular weight is 362 g/mol. The normalized spacial score (nSPS) is 15.0. The molecule has 12 heteroatoms. The smallest absolute Gasteiger partial charge is 0.305 e. The first-order valence-electron chi connectivity index (χ1n) is 5.15. The summed E-state index contributed by atoms with van der Waals surface area (Å²) in [5.41, 5.74) is -13.6. The molecule has 126 valence electrons. The van der Waals surface area contributed by atoms with E-state index >= 15 is 0 Å². The Morgan fingerprint density at radius 3 is 1.23 bits per heavy atom. The summed E-state index contributed by atoms with van der Waals surface area (Å²) in [5, 5.41) is -1.93. The number of halogens is 10. The van der Waals surface area contributed by atoms with Crippen molar-refractivity contribution < 1.29 is 48.5 Å². The summed E-state index contributed by atoms with van der Waals surface area (Å²) in [6.07, 6.45) is -13.7. The zero-order valence-corrected chi connectivity index (χ0v) is 10.9. The fraction of sp³-hybridized carbons (Fsp3) is 0.400. The van der Waals surface area contributed by atoms with Gasteiger partial charge in [0.25, 0.3) is 7.14 Å². The quantitative estimate of drug-likeness (QED) is 0.547. The number of hydrogen-bond donors (Lipinski definition) is 0. The van der Waals surface area contributed by atoms with E-state index in [1.54, 1.807) is 0 Å². The van der Waals surface area contributed by atoms with Crippen molar-refractivity contribution in [3.63, 3.8) is 0 Å². The minimum atomic E-state index is -7.64. The first-order chi connectivity index (χ1) is 9.61. The predicted molar refractivity (Wildman–Crippen MR) is 55.7 cm³/mol. The molecular weight excluding hydrogens is 357 g/mol. The molecule has 1 aromatic rings. The van der Waals surface area contributed by atoms with Crippen molar-refractivity contribution in [3.05, 3.63) is 30.3 Å². The first kappa shape index (κ1) is 18.8. The molecule has 0 radical (unpaired) electrons. The van der Waals surface area contributed by atoms with E-state index in [0.717, 1.165) is 6.07 Å². The van der Waals surface area contributed by atoms with Crippen LogP contribution in [-0.2, 0) is 4.57 Å². The maximum absolute atomic E-state index is 13.3. The average Bonchev–Trinajstić information content (AvgIpc) is 2.35. The van der Waals surface area contributed by atoms with E-state index in [-0.39, 0.29) is 12.1 Å². The van der Waals surface area contributed by atoms with Gasteiger partial charge in [0.1, 0.15) is 0 Å². The zero-order valence-electron chi connectivity index (χ0n) is 10.0. The van der Waals surface area contributed by atoms with Crippen LogP contribution >= 0.6 is 7.14 Å². The Morgan fingerprint density at radius 2 is 0.955 bits per heavy atom. The van der Waals surface area contributed by atoms with Crippen molar-refractivity contribution >= 4 is 12.4 Å². The lowest BCUT2D eigenvalue weighted by molar-refractivity contribution is -0.265. The lowest BCUT2D eigenvalue weighted by Crippen LogP contribution is -2.50. The van der Waals surface area contributed by atoms with E-state index in [2.05, 4.69) is 0 Å². The molecule has 0 atom stereocenters. The minimum Gasteiger partial charge on any atom is -0.305 e. The Hall–Kier alpha value is -1.25. The van der Waals surface area contributed by atoms with Crippen LogP contribution in [0.1, 0.15) is 0 Å². The second-order valence-corrected chi connectivity index (χ2v) is 6.88. The number of hydrogen-bond acceptors (Lipinski definition) is 1.